The topological polar surface area (TPSA) is 83.2 Å². The van der Waals surface area contributed by atoms with Crippen LogP contribution < -0.4 is 15.4 Å². The summed E-state index contributed by atoms with van der Waals surface area (Å²) in [6.45, 7) is 0.593. The number of fused-ring (bicyclic) bond motifs is 1. The van der Waals surface area contributed by atoms with Gasteiger partial charge < -0.3 is 20.4 Å². The third-order valence-corrected chi connectivity index (χ3v) is 6.13. The Morgan fingerprint density at radius 3 is 2.87 bits per heavy atom. The van der Waals surface area contributed by atoms with Crippen molar-refractivity contribution >= 4 is 22.7 Å². The number of methoxy groups -OCH3 is 1. The molecule has 3 N–H and O–H groups in total. The molecular formula is C25H29N3O3. The number of hydrogen-bond donors (Lipinski definition) is 3. The maximum Gasteiger partial charge on any atom is 0.220 e. The number of rotatable bonds is 9. The number of nitrogens with one attached hydrogen (secondary N) is 3. The lowest BCUT2D eigenvalue weighted by molar-refractivity contribution is -0.122. The number of aromatic nitrogens is 1. The Bertz CT molecular complexity index is 1070. The molecule has 0 radical (unpaired) electrons. The van der Waals surface area contributed by atoms with Gasteiger partial charge >= 0.3 is 0 Å². The summed E-state index contributed by atoms with van der Waals surface area (Å²) in [6, 6.07) is 16.1. The molecule has 6 nitrogen and oxygen atoms in total. The lowest BCUT2D eigenvalue weighted by atomic mass is 9.85. The highest BCUT2D eigenvalue weighted by Crippen LogP contribution is 2.30. The Hall–Kier alpha value is -3.28. The summed E-state index contributed by atoms with van der Waals surface area (Å²) in [7, 11) is 1.65. The minimum atomic E-state index is -0.377. The van der Waals surface area contributed by atoms with Crippen LogP contribution in [0.25, 0.3) is 10.9 Å². The fourth-order valence-electron chi connectivity index (χ4n) is 4.47. The van der Waals surface area contributed by atoms with Gasteiger partial charge in [-0.3, -0.25) is 9.59 Å². The van der Waals surface area contributed by atoms with Gasteiger partial charge in [0.25, 0.3) is 0 Å². The van der Waals surface area contributed by atoms with E-state index in [1.54, 1.807) is 7.11 Å². The number of ether oxygens (including phenoxy) is 1. The molecule has 1 saturated heterocycles. The Morgan fingerprint density at radius 2 is 2.06 bits per heavy atom. The molecule has 1 unspecified atom stereocenters. The summed E-state index contributed by atoms with van der Waals surface area (Å²) in [5.74, 6) is 0.876. The average Bonchev–Trinajstić information content (AvgIpc) is 3.36. The number of benzene rings is 2. The van der Waals surface area contributed by atoms with Crippen molar-refractivity contribution in [1.82, 2.24) is 15.6 Å². The molecule has 2 amide bonds. The third kappa shape index (κ3) is 5.08. The van der Waals surface area contributed by atoms with Crippen LogP contribution in [0.15, 0.2) is 54.7 Å². The first-order chi connectivity index (χ1) is 15.1. The van der Waals surface area contributed by atoms with E-state index >= 15 is 0 Å². The van der Waals surface area contributed by atoms with Crippen molar-refractivity contribution < 1.29 is 14.3 Å². The van der Waals surface area contributed by atoms with Crippen molar-refractivity contribution in [3.05, 3.63) is 65.9 Å². The maximum atomic E-state index is 12.5. The molecule has 0 bridgehead atoms. The standard InChI is InChI=1S/C25H29N3O3/c1-31-20-6-4-5-18(15-20)16-25(13-10-24(30)28-25)12-9-23(29)26-14-11-19-17-27-22-8-3-2-7-21(19)22/h2-8,15,17,27H,9-14,16H2,1H3,(H,26,29)(H,28,30). The SMILES string of the molecule is COc1cccc(CC2(CCC(=O)NCCc3c[nH]c4ccccc34)CCC(=O)N2)c1. The van der Waals surface area contributed by atoms with E-state index in [2.05, 4.69) is 27.8 Å². The van der Waals surface area contributed by atoms with Crippen molar-refractivity contribution in [2.45, 2.75) is 44.1 Å². The number of aromatic amines is 1. The summed E-state index contributed by atoms with van der Waals surface area (Å²) in [4.78, 5) is 27.8. The molecule has 31 heavy (non-hydrogen) atoms. The highest BCUT2D eigenvalue weighted by atomic mass is 16.5. The van der Waals surface area contributed by atoms with E-state index < -0.39 is 0 Å². The molecule has 4 rings (SSSR count). The maximum absolute atomic E-state index is 12.5. The van der Waals surface area contributed by atoms with Gasteiger partial charge in [0.1, 0.15) is 5.75 Å². The van der Waals surface area contributed by atoms with Crippen LogP contribution >= 0.6 is 0 Å². The van der Waals surface area contributed by atoms with Crippen molar-refractivity contribution in [2.24, 2.45) is 0 Å². The number of para-hydroxylation sites is 1. The van der Waals surface area contributed by atoms with Crippen molar-refractivity contribution in [2.75, 3.05) is 13.7 Å². The average molecular weight is 420 g/mol. The van der Waals surface area contributed by atoms with Crippen molar-refractivity contribution in [3.8, 4) is 5.75 Å². The summed E-state index contributed by atoms with van der Waals surface area (Å²) in [6.07, 6.45) is 5.73. The number of amides is 2. The van der Waals surface area contributed by atoms with Gasteiger partial charge in [-0.15, -0.1) is 0 Å². The minimum absolute atomic E-state index is 0.0195. The van der Waals surface area contributed by atoms with Crippen LogP contribution in [-0.2, 0) is 22.4 Å². The van der Waals surface area contributed by atoms with Gasteiger partial charge in [0.05, 0.1) is 7.11 Å². The molecule has 2 aromatic carbocycles. The summed E-state index contributed by atoms with van der Waals surface area (Å²) in [5.41, 5.74) is 3.03. The minimum Gasteiger partial charge on any atom is -0.497 e. The van der Waals surface area contributed by atoms with E-state index in [0.717, 1.165) is 29.7 Å². The van der Waals surface area contributed by atoms with Crippen LogP contribution in [0.2, 0.25) is 0 Å². The molecule has 1 fully saturated rings. The fourth-order valence-corrected chi connectivity index (χ4v) is 4.47. The quantitative estimate of drug-likeness (QED) is 0.496. The first kappa shape index (κ1) is 21.0. The molecule has 1 aliphatic rings. The fraction of sp³-hybridized carbons (Fsp3) is 0.360. The zero-order valence-corrected chi connectivity index (χ0v) is 17.9. The van der Waals surface area contributed by atoms with Crippen LogP contribution in [0.1, 0.15) is 36.8 Å². The molecule has 162 valence electrons. The molecule has 0 saturated carbocycles. The van der Waals surface area contributed by atoms with E-state index in [9.17, 15) is 9.59 Å². The first-order valence-corrected chi connectivity index (χ1v) is 10.8. The van der Waals surface area contributed by atoms with Crippen LogP contribution in [0, 0.1) is 0 Å². The Kier molecular flexibility index (Phi) is 6.26. The van der Waals surface area contributed by atoms with E-state index in [0.29, 0.717) is 32.2 Å². The number of hydrogen-bond acceptors (Lipinski definition) is 3. The van der Waals surface area contributed by atoms with Crippen LogP contribution in [0.4, 0.5) is 0 Å². The molecule has 0 aliphatic carbocycles. The Balaban J connectivity index is 1.31. The first-order valence-electron chi connectivity index (χ1n) is 10.8. The zero-order valence-electron chi connectivity index (χ0n) is 17.9. The molecule has 3 aromatic rings. The molecule has 1 aromatic heterocycles. The van der Waals surface area contributed by atoms with Crippen LogP contribution in [0.5, 0.6) is 5.75 Å². The highest BCUT2D eigenvalue weighted by Gasteiger charge is 2.37. The lowest BCUT2D eigenvalue weighted by Gasteiger charge is -2.29. The summed E-state index contributed by atoms with van der Waals surface area (Å²) >= 11 is 0. The predicted molar refractivity (Wildman–Crippen MR) is 121 cm³/mol. The van der Waals surface area contributed by atoms with E-state index in [1.807, 2.05) is 42.6 Å². The number of carbonyl (C=O) groups excluding carboxylic acids is 2. The van der Waals surface area contributed by atoms with Gasteiger partial charge in [0.15, 0.2) is 0 Å². The van der Waals surface area contributed by atoms with Crippen LogP contribution in [-0.4, -0.2) is 36.0 Å². The normalized spacial score (nSPS) is 18.2. The second-order valence-corrected chi connectivity index (χ2v) is 8.32. The van der Waals surface area contributed by atoms with Gasteiger partial charge in [-0.1, -0.05) is 30.3 Å². The largest absolute Gasteiger partial charge is 0.497 e. The molecule has 2 heterocycles. The van der Waals surface area contributed by atoms with Crippen LogP contribution in [0.3, 0.4) is 0 Å². The molecule has 0 spiro atoms. The van der Waals surface area contributed by atoms with Gasteiger partial charge in [0.2, 0.25) is 11.8 Å². The molecule has 1 atom stereocenters. The molecular weight excluding hydrogens is 390 g/mol. The van der Waals surface area contributed by atoms with Crippen molar-refractivity contribution in [1.29, 1.82) is 0 Å². The Labute approximate surface area is 182 Å². The summed E-state index contributed by atoms with van der Waals surface area (Å²) < 4.78 is 5.32. The second-order valence-electron chi connectivity index (χ2n) is 8.32. The van der Waals surface area contributed by atoms with Gasteiger partial charge in [-0.25, -0.2) is 0 Å². The van der Waals surface area contributed by atoms with E-state index in [-0.39, 0.29) is 17.4 Å². The third-order valence-electron chi connectivity index (χ3n) is 6.13. The Morgan fingerprint density at radius 1 is 1.19 bits per heavy atom. The van der Waals surface area contributed by atoms with Gasteiger partial charge in [-0.05, 0) is 55.0 Å². The second kappa shape index (κ2) is 9.25. The zero-order chi connectivity index (χ0) is 21.7. The van der Waals surface area contributed by atoms with Gasteiger partial charge in [-0.2, -0.15) is 0 Å². The molecule has 1 aliphatic heterocycles. The number of H-pyrrole nitrogens is 1. The monoisotopic (exact) mass is 419 g/mol. The summed E-state index contributed by atoms with van der Waals surface area (Å²) in [5, 5.41) is 7.37. The number of carbonyl (C=O) groups is 2. The van der Waals surface area contributed by atoms with E-state index in [1.165, 1.54) is 10.9 Å². The molecule has 6 heteroatoms. The van der Waals surface area contributed by atoms with Gasteiger partial charge in [0, 0.05) is 42.0 Å². The van der Waals surface area contributed by atoms with E-state index in [4.69, 9.17) is 4.74 Å². The predicted octanol–water partition coefficient (Wildman–Crippen LogP) is 3.51. The smallest absolute Gasteiger partial charge is 0.220 e. The van der Waals surface area contributed by atoms with Crippen molar-refractivity contribution in [3.63, 3.8) is 0 Å². The lowest BCUT2D eigenvalue weighted by Crippen LogP contribution is -2.44. The highest BCUT2D eigenvalue weighted by molar-refractivity contribution is 5.83.